The third-order valence-electron chi connectivity index (χ3n) is 5.08. The first-order valence-electron chi connectivity index (χ1n) is 10.2. The van der Waals surface area contributed by atoms with Crippen LogP contribution in [0.1, 0.15) is 22.2 Å². The van der Waals surface area contributed by atoms with Crippen LogP contribution in [-0.2, 0) is 10.0 Å². The van der Waals surface area contributed by atoms with E-state index in [-0.39, 0.29) is 16.7 Å². The van der Waals surface area contributed by atoms with E-state index in [1.165, 1.54) is 11.8 Å². The molecule has 0 amide bonds. The first-order chi connectivity index (χ1) is 15.5. The molecule has 0 bridgehead atoms. The summed E-state index contributed by atoms with van der Waals surface area (Å²) in [6, 6.07) is 26.3. The summed E-state index contributed by atoms with van der Waals surface area (Å²) >= 11 is 1.49. The van der Waals surface area contributed by atoms with E-state index in [9.17, 15) is 8.42 Å². The molecule has 0 aliphatic rings. The number of benzene rings is 3. The topological polar surface area (TPSA) is 76.9 Å². The fourth-order valence-corrected chi connectivity index (χ4v) is 5.71. The molecule has 1 aromatic heterocycles. The number of aromatic nitrogens is 3. The second-order valence-electron chi connectivity index (χ2n) is 7.33. The standard InChI is InChI=1S/C24H24N4O2S2/c1-18-11-9-10-16-22(18)28-19(2)26-27-24(28)31-23(20-12-5-3-6-13-20)17-25-32(29,30)21-14-7-4-8-15-21/h3-16,23,25H,17H2,1-2H3. The summed E-state index contributed by atoms with van der Waals surface area (Å²) < 4.78 is 30.4. The second kappa shape index (κ2) is 9.68. The van der Waals surface area contributed by atoms with Gasteiger partial charge in [0.25, 0.3) is 0 Å². The van der Waals surface area contributed by atoms with Crippen molar-refractivity contribution in [2.24, 2.45) is 0 Å². The van der Waals surface area contributed by atoms with Gasteiger partial charge in [0.1, 0.15) is 5.82 Å². The van der Waals surface area contributed by atoms with E-state index >= 15 is 0 Å². The van der Waals surface area contributed by atoms with Crippen molar-refractivity contribution >= 4 is 21.8 Å². The Balaban J connectivity index is 1.65. The number of sulfonamides is 1. The second-order valence-corrected chi connectivity index (χ2v) is 10.3. The van der Waals surface area contributed by atoms with E-state index in [0.29, 0.717) is 5.16 Å². The minimum absolute atomic E-state index is 0.193. The molecule has 0 aliphatic heterocycles. The summed E-state index contributed by atoms with van der Waals surface area (Å²) in [5.41, 5.74) is 3.12. The lowest BCUT2D eigenvalue weighted by atomic mass is 10.1. The van der Waals surface area contributed by atoms with Crippen LogP contribution in [0.4, 0.5) is 0 Å². The summed E-state index contributed by atoms with van der Waals surface area (Å²) in [4.78, 5) is 0.246. The molecule has 32 heavy (non-hydrogen) atoms. The third-order valence-corrected chi connectivity index (χ3v) is 7.72. The predicted molar refractivity (Wildman–Crippen MR) is 128 cm³/mol. The Bertz CT molecular complexity index is 1290. The molecule has 3 aromatic carbocycles. The average Bonchev–Trinajstić information content (AvgIpc) is 3.18. The van der Waals surface area contributed by atoms with Gasteiger partial charge >= 0.3 is 0 Å². The number of aryl methyl sites for hydroxylation is 2. The molecule has 6 nitrogen and oxygen atoms in total. The summed E-state index contributed by atoms with van der Waals surface area (Å²) in [5, 5.41) is 9.21. The van der Waals surface area contributed by atoms with E-state index in [4.69, 9.17) is 0 Å². The molecule has 0 aliphatic carbocycles. The molecular weight excluding hydrogens is 440 g/mol. The summed E-state index contributed by atoms with van der Waals surface area (Å²) in [5.74, 6) is 0.776. The summed E-state index contributed by atoms with van der Waals surface area (Å²) in [7, 11) is -3.63. The molecule has 0 radical (unpaired) electrons. The lowest BCUT2D eigenvalue weighted by Gasteiger charge is -2.19. The molecule has 0 fully saturated rings. The number of para-hydroxylation sites is 1. The number of thioether (sulfide) groups is 1. The molecule has 0 saturated heterocycles. The molecule has 0 saturated carbocycles. The van der Waals surface area contributed by atoms with Crippen molar-refractivity contribution in [2.45, 2.75) is 29.1 Å². The van der Waals surface area contributed by atoms with Crippen LogP contribution >= 0.6 is 11.8 Å². The van der Waals surface area contributed by atoms with Crippen LogP contribution in [0.2, 0.25) is 0 Å². The van der Waals surface area contributed by atoms with E-state index in [0.717, 1.165) is 22.6 Å². The summed E-state index contributed by atoms with van der Waals surface area (Å²) in [6.45, 7) is 4.18. The maximum Gasteiger partial charge on any atom is 0.240 e. The molecule has 4 aromatic rings. The van der Waals surface area contributed by atoms with Gasteiger partial charge in [-0.15, -0.1) is 10.2 Å². The molecule has 1 unspecified atom stereocenters. The van der Waals surface area contributed by atoms with Gasteiger partial charge in [-0.1, -0.05) is 78.5 Å². The highest BCUT2D eigenvalue weighted by Crippen LogP contribution is 2.36. The van der Waals surface area contributed by atoms with Gasteiger partial charge in [-0.2, -0.15) is 0 Å². The van der Waals surface area contributed by atoms with Gasteiger partial charge < -0.3 is 0 Å². The molecular formula is C24H24N4O2S2. The van der Waals surface area contributed by atoms with E-state index in [2.05, 4.69) is 14.9 Å². The maximum absolute atomic E-state index is 12.8. The van der Waals surface area contributed by atoms with Gasteiger partial charge in [-0.25, -0.2) is 13.1 Å². The Hall–Kier alpha value is -2.94. The Labute approximate surface area is 192 Å². The van der Waals surface area contributed by atoms with E-state index in [1.807, 2.05) is 73.0 Å². The van der Waals surface area contributed by atoms with Gasteiger partial charge in [0.15, 0.2) is 5.16 Å². The number of hydrogen-bond donors (Lipinski definition) is 1. The third kappa shape index (κ3) is 4.93. The fraction of sp³-hybridized carbons (Fsp3) is 0.167. The monoisotopic (exact) mass is 464 g/mol. The highest BCUT2D eigenvalue weighted by atomic mass is 32.2. The van der Waals surface area contributed by atoms with Gasteiger partial charge in [0.05, 0.1) is 15.8 Å². The van der Waals surface area contributed by atoms with Gasteiger partial charge in [0.2, 0.25) is 10.0 Å². The molecule has 4 rings (SSSR count). The van der Waals surface area contributed by atoms with Crippen LogP contribution in [0, 0.1) is 13.8 Å². The Morgan fingerprint density at radius 1 is 0.875 bits per heavy atom. The number of nitrogens with one attached hydrogen (secondary N) is 1. The van der Waals surface area contributed by atoms with Crippen LogP contribution in [0.25, 0.3) is 5.69 Å². The summed E-state index contributed by atoms with van der Waals surface area (Å²) in [6.07, 6.45) is 0. The Kier molecular flexibility index (Phi) is 6.74. The Morgan fingerprint density at radius 3 is 2.19 bits per heavy atom. The molecule has 1 N–H and O–H groups in total. The van der Waals surface area contributed by atoms with Crippen molar-refractivity contribution in [3.8, 4) is 5.69 Å². The molecule has 0 spiro atoms. The van der Waals surface area contributed by atoms with Crippen molar-refractivity contribution in [2.75, 3.05) is 6.54 Å². The van der Waals surface area contributed by atoms with Crippen LogP contribution in [0.5, 0.6) is 0 Å². The normalized spacial score (nSPS) is 12.6. The van der Waals surface area contributed by atoms with Crippen LogP contribution < -0.4 is 4.72 Å². The minimum Gasteiger partial charge on any atom is -0.274 e. The zero-order valence-electron chi connectivity index (χ0n) is 17.8. The van der Waals surface area contributed by atoms with Crippen molar-refractivity contribution in [3.63, 3.8) is 0 Å². The smallest absolute Gasteiger partial charge is 0.240 e. The lowest BCUT2D eigenvalue weighted by molar-refractivity contribution is 0.581. The van der Waals surface area contributed by atoms with E-state index < -0.39 is 10.0 Å². The van der Waals surface area contributed by atoms with Gasteiger partial charge in [0, 0.05) is 6.54 Å². The quantitative estimate of drug-likeness (QED) is 0.383. The number of hydrogen-bond acceptors (Lipinski definition) is 5. The SMILES string of the molecule is Cc1ccccc1-n1c(C)nnc1SC(CNS(=O)(=O)c1ccccc1)c1ccccc1. The molecule has 1 atom stereocenters. The highest BCUT2D eigenvalue weighted by Gasteiger charge is 2.22. The van der Waals surface area contributed by atoms with Crippen molar-refractivity contribution < 1.29 is 8.42 Å². The van der Waals surface area contributed by atoms with Crippen molar-refractivity contribution in [1.29, 1.82) is 0 Å². The Morgan fingerprint density at radius 2 is 1.50 bits per heavy atom. The number of rotatable bonds is 8. The zero-order valence-corrected chi connectivity index (χ0v) is 19.5. The van der Waals surface area contributed by atoms with Gasteiger partial charge in [-0.05, 0) is 43.2 Å². The predicted octanol–water partition coefficient (Wildman–Crippen LogP) is 4.70. The minimum atomic E-state index is -3.63. The largest absolute Gasteiger partial charge is 0.274 e. The lowest BCUT2D eigenvalue weighted by Crippen LogP contribution is -2.27. The first kappa shape index (κ1) is 22.3. The maximum atomic E-state index is 12.8. The fourth-order valence-electron chi connectivity index (χ4n) is 3.40. The zero-order chi connectivity index (χ0) is 22.6. The van der Waals surface area contributed by atoms with E-state index in [1.54, 1.807) is 30.3 Å². The molecule has 8 heteroatoms. The van der Waals surface area contributed by atoms with Gasteiger partial charge in [-0.3, -0.25) is 4.57 Å². The van der Waals surface area contributed by atoms with Crippen LogP contribution in [0.15, 0.2) is 95.0 Å². The van der Waals surface area contributed by atoms with Crippen molar-refractivity contribution in [1.82, 2.24) is 19.5 Å². The first-order valence-corrected chi connectivity index (χ1v) is 12.6. The highest BCUT2D eigenvalue weighted by molar-refractivity contribution is 7.99. The van der Waals surface area contributed by atoms with Crippen LogP contribution in [-0.4, -0.2) is 29.7 Å². The van der Waals surface area contributed by atoms with Crippen LogP contribution in [0.3, 0.4) is 0 Å². The number of nitrogens with zero attached hydrogens (tertiary/aromatic N) is 3. The average molecular weight is 465 g/mol. The molecule has 1 heterocycles. The molecule has 164 valence electrons. The van der Waals surface area contributed by atoms with Crippen molar-refractivity contribution in [3.05, 3.63) is 102 Å².